The zero-order valence-corrected chi connectivity index (χ0v) is 16.8. The van der Waals surface area contributed by atoms with Crippen LogP contribution in [0.15, 0.2) is 41.5 Å². The number of methoxy groups -OCH3 is 2. The summed E-state index contributed by atoms with van der Waals surface area (Å²) in [6, 6.07) is 10.7. The number of aryl methyl sites for hydroxylation is 2. The zero-order valence-electron chi connectivity index (χ0n) is 16.8. The van der Waals surface area contributed by atoms with E-state index in [4.69, 9.17) is 9.47 Å². The Balaban J connectivity index is 1.98. The molecule has 2 N–H and O–H groups in total. The molecular weight excluding hydrogens is 358 g/mol. The van der Waals surface area contributed by atoms with Crippen molar-refractivity contribution in [3.8, 4) is 11.5 Å². The molecule has 0 aromatic heterocycles. The lowest BCUT2D eigenvalue weighted by atomic mass is 10.1. The number of amides is 2. The Morgan fingerprint density at radius 1 is 1.00 bits per heavy atom. The highest BCUT2D eigenvalue weighted by atomic mass is 16.5. The van der Waals surface area contributed by atoms with Crippen molar-refractivity contribution in [3.63, 3.8) is 0 Å². The average molecular weight is 383 g/mol. The van der Waals surface area contributed by atoms with Gasteiger partial charge < -0.3 is 14.8 Å². The lowest BCUT2D eigenvalue weighted by Crippen LogP contribution is -2.22. The molecule has 0 saturated heterocycles. The molecular formula is C21H25N3O4. The summed E-state index contributed by atoms with van der Waals surface area (Å²) in [4.78, 5) is 24.5. The van der Waals surface area contributed by atoms with Gasteiger partial charge in [-0.1, -0.05) is 6.07 Å². The van der Waals surface area contributed by atoms with Crippen LogP contribution in [0.25, 0.3) is 0 Å². The minimum absolute atomic E-state index is 0.0625. The van der Waals surface area contributed by atoms with Crippen molar-refractivity contribution in [2.45, 2.75) is 27.2 Å². The van der Waals surface area contributed by atoms with Gasteiger partial charge in [-0.15, -0.1) is 0 Å². The molecule has 2 aromatic carbocycles. The van der Waals surface area contributed by atoms with Crippen molar-refractivity contribution in [1.29, 1.82) is 0 Å². The molecule has 0 bridgehead atoms. The minimum Gasteiger partial charge on any atom is -0.497 e. The van der Waals surface area contributed by atoms with Gasteiger partial charge in [-0.3, -0.25) is 9.59 Å². The standard InChI is InChI=1S/C21H25N3O4/c1-13-8-14(2)10-16(9-13)22-20(25)11-15(3)23-24-21(26)18-7-6-17(27-4)12-19(18)28-5/h6-10,12H,11H2,1-5H3,(H,22,25)(H,24,26)/b23-15+. The Kier molecular flexibility index (Phi) is 7.14. The van der Waals surface area contributed by atoms with Crippen molar-refractivity contribution < 1.29 is 19.1 Å². The molecule has 0 unspecified atom stereocenters. The first kappa shape index (κ1) is 21.0. The normalized spacial score (nSPS) is 11.0. The Labute approximate surface area is 164 Å². The summed E-state index contributed by atoms with van der Waals surface area (Å²) >= 11 is 0. The number of hydrazone groups is 1. The third-order valence-electron chi connectivity index (χ3n) is 3.92. The fraction of sp³-hybridized carbons (Fsp3) is 0.286. The SMILES string of the molecule is COc1ccc(C(=O)N/N=C(\C)CC(=O)Nc2cc(C)cc(C)c2)c(OC)c1. The maximum atomic E-state index is 12.3. The summed E-state index contributed by atoms with van der Waals surface area (Å²) in [5, 5.41) is 6.84. The molecule has 0 aliphatic carbocycles. The number of ether oxygens (including phenoxy) is 2. The van der Waals surface area contributed by atoms with Crippen LogP contribution in [0.4, 0.5) is 5.69 Å². The molecule has 0 aliphatic rings. The first-order valence-electron chi connectivity index (χ1n) is 8.76. The van der Waals surface area contributed by atoms with Crippen LogP contribution in [0.2, 0.25) is 0 Å². The van der Waals surface area contributed by atoms with Gasteiger partial charge >= 0.3 is 0 Å². The maximum Gasteiger partial charge on any atom is 0.275 e. The fourth-order valence-electron chi connectivity index (χ4n) is 2.72. The summed E-state index contributed by atoms with van der Waals surface area (Å²) in [6.45, 7) is 5.61. The Morgan fingerprint density at radius 3 is 2.29 bits per heavy atom. The van der Waals surface area contributed by atoms with Crippen molar-refractivity contribution >= 4 is 23.2 Å². The highest BCUT2D eigenvalue weighted by Gasteiger charge is 2.13. The van der Waals surface area contributed by atoms with Crippen molar-refractivity contribution in [3.05, 3.63) is 53.1 Å². The van der Waals surface area contributed by atoms with Crippen LogP contribution < -0.4 is 20.2 Å². The van der Waals surface area contributed by atoms with E-state index in [1.807, 2.05) is 32.0 Å². The van der Waals surface area contributed by atoms with E-state index in [2.05, 4.69) is 15.8 Å². The second-order valence-corrected chi connectivity index (χ2v) is 6.46. The molecule has 2 amide bonds. The van der Waals surface area contributed by atoms with Gasteiger partial charge in [0.25, 0.3) is 5.91 Å². The fourth-order valence-corrected chi connectivity index (χ4v) is 2.72. The summed E-state index contributed by atoms with van der Waals surface area (Å²) in [6.07, 6.45) is 0.0625. The molecule has 7 heteroatoms. The first-order valence-corrected chi connectivity index (χ1v) is 8.76. The summed E-state index contributed by atoms with van der Waals surface area (Å²) in [7, 11) is 3.00. The molecule has 0 radical (unpaired) electrons. The van der Waals surface area contributed by atoms with E-state index in [0.717, 1.165) is 16.8 Å². The van der Waals surface area contributed by atoms with E-state index in [1.54, 1.807) is 25.1 Å². The number of nitrogens with zero attached hydrogens (tertiary/aromatic N) is 1. The van der Waals surface area contributed by atoms with Crippen LogP contribution in [0.1, 0.15) is 34.8 Å². The molecule has 0 heterocycles. The van der Waals surface area contributed by atoms with Gasteiger partial charge in [0.15, 0.2) is 0 Å². The van der Waals surface area contributed by atoms with Crippen LogP contribution >= 0.6 is 0 Å². The van der Waals surface area contributed by atoms with Crippen LogP contribution in [-0.4, -0.2) is 31.7 Å². The number of hydrogen-bond acceptors (Lipinski definition) is 5. The van der Waals surface area contributed by atoms with Crippen LogP contribution in [-0.2, 0) is 4.79 Å². The van der Waals surface area contributed by atoms with Crippen LogP contribution in [0, 0.1) is 13.8 Å². The number of carbonyl (C=O) groups excluding carboxylic acids is 2. The second kappa shape index (κ2) is 9.55. The van der Waals surface area contributed by atoms with E-state index in [9.17, 15) is 9.59 Å². The second-order valence-electron chi connectivity index (χ2n) is 6.46. The van der Waals surface area contributed by atoms with Gasteiger partial charge in [0.2, 0.25) is 5.91 Å². The van der Waals surface area contributed by atoms with Crippen molar-refractivity contribution in [2.24, 2.45) is 5.10 Å². The average Bonchev–Trinajstić information content (AvgIpc) is 2.64. The van der Waals surface area contributed by atoms with Crippen LogP contribution in [0.5, 0.6) is 11.5 Å². The molecule has 0 fully saturated rings. The van der Waals surface area contributed by atoms with Gasteiger partial charge in [-0.2, -0.15) is 5.10 Å². The molecule has 0 spiro atoms. The van der Waals surface area contributed by atoms with Gasteiger partial charge in [-0.25, -0.2) is 5.43 Å². The molecule has 28 heavy (non-hydrogen) atoms. The highest BCUT2D eigenvalue weighted by Crippen LogP contribution is 2.24. The van der Waals surface area contributed by atoms with Crippen molar-refractivity contribution in [2.75, 3.05) is 19.5 Å². The number of hydrogen-bond donors (Lipinski definition) is 2. The summed E-state index contributed by atoms with van der Waals surface area (Å²) in [5.74, 6) is 0.310. The Hall–Kier alpha value is -3.35. The van der Waals surface area contributed by atoms with E-state index in [0.29, 0.717) is 22.8 Å². The third-order valence-corrected chi connectivity index (χ3v) is 3.92. The molecule has 0 aliphatic heterocycles. The summed E-state index contributed by atoms with van der Waals surface area (Å²) < 4.78 is 10.3. The first-order chi connectivity index (χ1) is 13.3. The maximum absolute atomic E-state index is 12.3. The number of anilines is 1. The van der Waals surface area contributed by atoms with Gasteiger partial charge in [0.05, 0.1) is 26.2 Å². The van der Waals surface area contributed by atoms with E-state index in [1.165, 1.54) is 14.2 Å². The van der Waals surface area contributed by atoms with E-state index >= 15 is 0 Å². The van der Waals surface area contributed by atoms with Crippen LogP contribution in [0.3, 0.4) is 0 Å². The number of carbonyl (C=O) groups is 2. The number of benzene rings is 2. The van der Waals surface area contributed by atoms with E-state index in [-0.39, 0.29) is 12.3 Å². The minimum atomic E-state index is -0.437. The lowest BCUT2D eigenvalue weighted by Gasteiger charge is -2.10. The number of nitrogens with one attached hydrogen (secondary N) is 2. The lowest BCUT2D eigenvalue weighted by molar-refractivity contribution is -0.115. The summed E-state index contributed by atoms with van der Waals surface area (Å²) in [5.41, 5.74) is 6.12. The molecule has 7 nitrogen and oxygen atoms in total. The van der Waals surface area contributed by atoms with Crippen molar-refractivity contribution in [1.82, 2.24) is 5.43 Å². The topological polar surface area (TPSA) is 89.0 Å². The Bertz CT molecular complexity index is 886. The predicted molar refractivity (Wildman–Crippen MR) is 109 cm³/mol. The predicted octanol–water partition coefficient (Wildman–Crippen LogP) is 3.46. The van der Waals surface area contributed by atoms with E-state index < -0.39 is 5.91 Å². The number of rotatable bonds is 7. The highest BCUT2D eigenvalue weighted by molar-refractivity contribution is 6.06. The molecule has 148 valence electrons. The molecule has 0 atom stereocenters. The van der Waals surface area contributed by atoms with Gasteiger partial charge in [-0.05, 0) is 56.2 Å². The molecule has 0 saturated carbocycles. The monoisotopic (exact) mass is 383 g/mol. The quantitative estimate of drug-likeness (QED) is 0.566. The zero-order chi connectivity index (χ0) is 20.7. The van der Waals surface area contributed by atoms with Gasteiger partial charge in [0, 0.05) is 17.5 Å². The third kappa shape index (κ3) is 5.84. The Morgan fingerprint density at radius 2 is 1.68 bits per heavy atom. The molecule has 2 aromatic rings. The largest absolute Gasteiger partial charge is 0.497 e. The van der Waals surface area contributed by atoms with Gasteiger partial charge in [0.1, 0.15) is 11.5 Å². The smallest absolute Gasteiger partial charge is 0.275 e. The molecule has 2 rings (SSSR count).